The standard InChI is InChI=1S/C19H28N4O3/c1-3-15(13-24)22-17(25)10-5-4-7-11-20-19(26)18-14(2)21-16-9-6-8-12-23(16)18/h6,8-9,12,15,24H,3-5,7,10-11,13H2,1-2H3,(H,20,26)(H,22,25). The van der Waals surface area contributed by atoms with Crippen LogP contribution < -0.4 is 10.6 Å². The molecule has 0 aliphatic heterocycles. The molecule has 0 fully saturated rings. The van der Waals surface area contributed by atoms with E-state index in [0.29, 0.717) is 24.4 Å². The molecule has 26 heavy (non-hydrogen) atoms. The molecular formula is C19H28N4O3. The summed E-state index contributed by atoms with van der Waals surface area (Å²) in [6.45, 7) is 4.29. The van der Waals surface area contributed by atoms with Crippen LogP contribution in [0.15, 0.2) is 24.4 Å². The van der Waals surface area contributed by atoms with E-state index in [4.69, 9.17) is 5.11 Å². The number of rotatable bonds is 10. The molecule has 142 valence electrons. The van der Waals surface area contributed by atoms with Crippen molar-refractivity contribution in [3.8, 4) is 0 Å². The van der Waals surface area contributed by atoms with Gasteiger partial charge >= 0.3 is 0 Å². The Kier molecular flexibility index (Phi) is 7.59. The van der Waals surface area contributed by atoms with Crippen molar-refractivity contribution in [2.24, 2.45) is 0 Å². The highest BCUT2D eigenvalue weighted by atomic mass is 16.3. The molecule has 0 saturated heterocycles. The zero-order valence-corrected chi connectivity index (χ0v) is 15.5. The summed E-state index contributed by atoms with van der Waals surface area (Å²) in [4.78, 5) is 28.5. The van der Waals surface area contributed by atoms with Crippen molar-refractivity contribution in [3.63, 3.8) is 0 Å². The molecule has 2 aromatic heterocycles. The Balaban J connectivity index is 1.69. The van der Waals surface area contributed by atoms with E-state index in [2.05, 4.69) is 15.6 Å². The first-order valence-electron chi connectivity index (χ1n) is 9.19. The fraction of sp³-hybridized carbons (Fsp3) is 0.526. The number of nitrogens with zero attached hydrogens (tertiary/aromatic N) is 2. The van der Waals surface area contributed by atoms with E-state index >= 15 is 0 Å². The predicted molar refractivity (Wildman–Crippen MR) is 100 cm³/mol. The van der Waals surface area contributed by atoms with Crippen LogP contribution >= 0.6 is 0 Å². The van der Waals surface area contributed by atoms with Crippen LogP contribution in [0, 0.1) is 6.92 Å². The molecule has 2 amide bonds. The van der Waals surface area contributed by atoms with E-state index in [-0.39, 0.29) is 24.5 Å². The number of unbranched alkanes of at least 4 members (excludes halogenated alkanes) is 2. The van der Waals surface area contributed by atoms with E-state index in [9.17, 15) is 9.59 Å². The van der Waals surface area contributed by atoms with Gasteiger partial charge in [0.25, 0.3) is 5.91 Å². The van der Waals surface area contributed by atoms with Gasteiger partial charge in [0.05, 0.1) is 18.3 Å². The minimum absolute atomic E-state index is 0.0308. The highest BCUT2D eigenvalue weighted by Gasteiger charge is 2.15. The SMILES string of the molecule is CCC(CO)NC(=O)CCCCCNC(=O)c1c(C)nc2ccccn12. The number of aromatic nitrogens is 2. The summed E-state index contributed by atoms with van der Waals surface area (Å²) in [6, 6.07) is 5.48. The molecule has 7 nitrogen and oxygen atoms in total. The number of aliphatic hydroxyl groups excluding tert-OH is 1. The van der Waals surface area contributed by atoms with Crippen molar-refractivity contribution < 1.29 is 14.7 Å². The number of pyridine rings is 1. The molecule has 1 unspecified atom stereocenters. The lowest BCUT2D eigenvalue weighted by atomic mass is 10.1. The van der Waals surface area contributed by atoms with E-state index < -0.39 is 0 Å². The number of aliphatic hydroxyl groups is 1. The minimum atomic E-state index is -0.157. The first-order chi connectivity index (χ1) is 12.6. The quantitative estimate of drug-likeness (QED) is 0.563. The molecule has 2 aromatic rings. The lowest BCUT2D eigenvalue weighted by molar-refractivity contribution is -0.122. The van der Waals surface area contributed by atoms with E-state index in [1.54, 1.807) is 4.40 Å². The molecule has 0 radical (unpaired) electrons. The molecule has 0 aliphatic rings. The summed E-state index contributed by atoms with van der Waals surface area (Å²) in [5.41, 5.74) is 2.03. The van der Waals surface area contributed by atoms with Crippen LogP contribution in [0.25, 0.3) is 5.65 Å². The normalized spacial score (nSPS) is 12.1. The predicted octanol–water partition coefficient (Wildman–Crippen LogP) is 1.82. The maximum absolute atomic E-state index is 12.4. The van der Waals surface area contributed by atoms with Crippen LogP contribution in [0.1, 0.15) is 55.2 Å². The summed E-state index contributed by atoms with van der Waals surface area (Å²) in [5, 5.41) is 14.8. The van der Waals surface area contributed by atoms with Crippen LogP contribution in [0.4, 0.5) is 0 Å². The Morgan fingerprint density at radius 1 is 1.27 bits per heavy atom. The van der Waals surface area contributed by atoms with Gasteiger partial charge in [-0.2, -0.15) is 0 Å². The van der Waals surface area contributed by atoms with Crippen LogP contribution in [-0.4, -0.2) is 45.5 Å². The molecular weight excluding hydrogens is 332 g/mol. The number of amides is 2. The number of hydrogen-bond donors (Lipinski definition) is 3. The molecule has 0 spiro atoms. The fourth-order valence-electron chi connectivity index (χ4n) is 2.84. The number of hydrogen-bond acceptors (Lipinski definition) is 4. The van der Waals surface area contributed by atoms with Gasteiger partial charge in [-0.05, 0) is 38.3 Å². The van der Waals surface area contributed by atoms with Crippen LogP contribution in [-0.2, 0) is 4.79 Å². The van der Waals surface area contributed by atoms with Gasteiger partial charge in [-0.3, -0.25) is 14.0 Å². The van der Waals surface area contributed by atoms with Gasteiger partial charge in [0, 0.05) is 19.2 Å². The maximum atomic E-state index is 12.4. The first-order valence-corrected chi connectivity index (χ1v) is 9.19. The van der Waals surface area contributed by atoms with E-state index in [1.807, 2.05) is 38.2 Å². The van der Waals surface area contributed by atoms with Crippen LogP contribution in [0.3, 0.4) is 0 Å². The molecule has 1 atom stereocenters. The Morgan fingerprint density at radius 3 is 2.81 bits per heavy atom. The van der Waals surface area contributed by atoms with Crippen molar-refractivity contribution in [3.05, 3.63) is 35.8 Å². The molecule has 2 rings (SSSR count). The van der Waals surface area contributed by atoms with Gasteiger partial charge < -0.3 is 15.7 Å². The second-order valence-corrected chi connectivity index (χ2v) is 6.40. The van der Waals surface area contributed by atoms with E-state index in [1.165, 1.54) is 0 Å². The molecule has 3 N–H and O–H groups in total. The Bertz CT molecular complexity index is 737. The van der Waals surface area contributed by atoms with Gasteiger partial charge in [0.15, 0.2) is 0 Å². The molecule has 2 heterocycles. The van der Waals surface area contributed by atoms with Gasteiger partial charge in [-0.15, -0.1) is 0 Å². The van der Waals surface area contributed by atoms with Crippen LogP contribution in [0.5, 0.6) is 0 Å². The lowest BCUT2D eigenvalue weighted by Gasteiger charge is -2.13. The van der Waals surface area contributed by atoms with E-state index in [0.717, 1.165) is 31.3 Å². The van der Waals surface area contributed by atoms with Crippen LogP contribution in [0.2, 0.25) is 0 Å². The average Bonchev–Trinajstić information content (AvgIpc) is 2.98. The molecule has 0 aromatic carbocycles. The Labute approximate surface area is 153 Å². The van der Waals surface area contributed by atoms with Crippen molar-refractivity contribution in [2.75, 3.05) is 13.2 Å². The Hall–Kier alpha value is -2.41. The third-order valence-corrected chi connectivity index (χ3v) is 4.36. The highest BCUT2D eigenvalue weighted by molar-refractivity contribution is 5.94. The second-order valence-electron chi connectivity index (χ2n) is 6.40. The number of aryl methyl sites for hydroxylation is 1. The summed E-state index contributed by atoms with van der Waals surface area (Å²) in [7, 11) is 0. The summed E-state index contributed by atoms with van der Waals surface area (Å²) >= 11 is 0. The zero-order valence-electron chi connectivity index (χ0n) is 15.5. The van der Waals surface area contributed by atoms with Crippen molar-refractivity contribution >= 4 is 17.5 Å². The third kappa shape index (κ3) is 5.29. The zero-order chi connectivity index (χ0) is 18.9. The number of fused-ring (bicyclic) bond motifs is 1. The van der Waals surface area contributed by atoms with Crippen molar-refractivity contribution in [1.82, 2.24) is 20.0 Å². The molecule has 0 aliphatic carbocycles. The second kappa shape index (κ2) is 9.91. The number of carbonyl (C=O) groups excluding carboxylic acids is 2. The smallest absolute Gasteiger partial charge is 0.270 e. The first kappa shape index (κ1) is 19.9. The lowest BCUT2D eigenvalue weighted by Crippen LogP contribution is -2.36. The van der Waals surface area contributed by atoms with Gasteiger partial charge in [0.2, 0.25) is 5.91 Å². The molecule has 0 bridgehead atoms. The Morgan fingerprint density at radius 2 is 2.08 bits per heavy atom. The van der Waals surface area contributed by atoms with Gasteiger partial charge in [-0.25, -0.2) is 4.98 Å². The fourth-order valence-corrected chi connectivity index (χ4v) is 2.84. The number of imidazole rings is 1. The number of nitrogens with one attached hydrogen (secondary N) is 2. The largest absolute Gasteiger partial charge is 0.394 e. The summed E-state index contributed by atoms with van der Waals surface area (Å²) in [5.74, 6) is -0.163. The van der Waals surface area contributed by atoms with Crippen molar-refractivity contribution in [1.29, 1.82) is 0 Å². The maximum Gasteiger partial charge on any atom is 0.270 e. The van der Waals surface area contributed by atoms with Gasteiger partial charge in [0.1, 0.15) is 11.3 Å². The monoisotopic (exact) mass is 360 g/mol. The molecule has 0 saturated carbocycles. The third-order valence-electron chi connectivity index (χ3n) is 4.36. The minimum Gasteiger partial charge on any atom is -0.394 e. The highest BCUT2D eigenvalue weighted by Crippen LogP contribution is 2.11. The summed E-state index contributed by atoms with van der Waals surface area (Å²) in [6.07, 6.45) is 5.42. The number of carbonyl (C=O) groups is 2. The van der Waals surface area contributed by atoms with Crippen molar-refractivity contribution in [2.45, 2.75) is 52.0 Å². The topological polar surface area (TPSA) is 95.7 Å². The summed E-state index contributed by atoms with van der Waals surface area (Å²) < 4.78 is 1.79. The van der Waals surface area contributed by atoms with Gasteiger partial charge in [-0.1, -0.05) is 19.4 Å². The molecule has 7 heteroatoms. The average molecular weight is 360 g/mol.